The molecule has 0 aliphatic carbocycles. The van der Waals surface area contributed by atoms with Crippen LogP contribution in [0.1, 0.15) is 12.0 Å². The molecule has 5 nitrogen and oxygen atoms in total. The SMILES string of the molecule is O=C(CCn1ccnc1)NCc1cccc(-c2ccccn2)c1. The fourth-order valence-corrected chi connectivity index (χ4v) is 2.31. The summed E-state index contributed by atoms with van der Waals surface area (Å²) in [5, 5.41) is 2.95. The highest BCUT2D eigenvalue weighted by Crippen LogP contribution is 2.17. The summed E-state index contributed by atoms with van der Waals surface area (Å²) < 4.78 is 1.89. The first-order valence-corrected chi connectivity index (χ1v) is 7.54. The van der Waals surface area contributed by atoms with E-state index in [4.69, 9.17) is 0 Å². The number of nitrogens with zero attached hydrogens (tertiary/aromatic N) is 3. The minimum atomic E-state index is 0.0296. The zero-order valence-electron chi connectivity index (χ0n) is 12.7. The lowest BCUT2D eigenvalue weighted by molar-refractivity contribution is -0.121. The zero-order valence-corrected chi connectivity index (χ0v) is 12.7. The van der Waals surface area contributed by atoms with Crippen molar-refractivity contribution in [2.75, 3.05) is 0 Å². The van der Waals surface area contributed by atoms with Gasteiger partial charge in [0.1, 0.15) is 0 Å². The van der Waals surface area contributed by atoms with Gasteiger partial charge in [0, 0.05) is 43.7 Å². The highest BCUT2D eigenvalue weighted by atomic mass is 16.1. The largest absolute Gasteiger partial charge is 0.352 e. The van der Waals surface area contributed by atoms with Gasteiger partial charge in [-0.15, -0.1) is 0 Å². The Morgan fingerprint density at radius 3 is 2.87 bits per heavy atom. The van der Waals surface area contributed by atoms with Crippen LogP contribution in [0.25, 0.3) is 11.3 Å². The molecule has 0 spiro atoms. The van der Waals surface area contributed by atoms with Gasteiger partial charge in [-0.05, 0) is 23.8 Å². The number of amides is 1. The van der Waals surface area contributed by atoms with Gasteiger partial charge in [0.25, 0.3) is 0 Å². The van der Waals surface area contributed by atoms with Crippen LogP contribution in [0.4, 0.5) is 0 Å². The summed E-state index contributed by atoms with van der Waals surface area (Å²) in [6.07, 6.45) is 7.49. The third-order valence-corrected chi connectivity index (χ3v) is 3.53. The maximum absolute atomic E-state index is 11.9. The maximum Gasteiger partial charge on any atom is 0.222 e. The predicted octanol–water partition coefficient (Wildman–Crippen LogP) is 2.65. The van der Waals surface area contributed by atoms with Crippen molar-refractivity contribution in [2.24, 2.45) is 0 Å². The van der Waals surface area contributed by atoms with Crippen LogP contribution in [0, 0.1) is 0 Å². The quantitative estimate of drug-likeness (QED) is 0.761. The van der Waals surface area contributed by atoms with Gasteiger partial charge in [0.2, 0.25) is 5.91 Å². The van der Waals surface area contributed by atoms with E-state index in [-0.39, 0.29) is 5.91 Å². The second kappa shape index (κ2) is 7.35. The van der Waals surface area contributed by atoms with E-state index in [0.717, 1.165) is 16.8 Å². The molecule has 0 unspecified atom stereocenters. The van der Waals surface area contributed by atoms with E-state index in [1.54, 1.807) is 18.7 Å². The van der Waals surface area contributed by atoms with Crippen LogP contribution < -0.4 is 5.32 Å². The van der Waals surface area contributed by atoms with E-state index >= 15 is 0 Å². The van der Waals surface area contributed by atoms with Crippen LogP contribution in [0.5, 0.6) is 0 Å². The number of aryl methyl sites for hydroxylation is 1. The van der Waals surface area contributed by atoms with Gasteiger partial charge < -0.3 is 9.88 Å². The molecule has 3 rings (SSSR count). The van der Waals surface area contributed by atoms with Crippen molar-refractivity contribution < 1.29 is 4.79 Å². The Labute approximate surface area is 135 Å². The zero-order chi connectivity index (χ0) is 15.9. The molecule has 23 heavy (non-hydrogen) atoms. The first-order chi connectivity index (χ1) is 11.3. The molecule has 2 aromatic heterocycles. The maximum atomic E-state index is 11.9. The van der Waals surface area contributed by atoms with Crippen molar-refractivity contribution in [3.8, 4) is 11.3 Å². The molecule has 5 heteroatoms. The van der Waals surface area contributed by atoms with Crippen molar-refractivity contribution in [1.82, 2.24) is 19.9 Å². The highest BCUT2D eigenvalue weighted by Gasteiger charge is 2.04. The van der Waals surface area contributed by atoms with Gasteiger partial charge in [-0.25, -0.2) is 4.98 Å². The van der Waals surface area contributed by atoms with Crippen molar-refractivity contribution in [1.29, 1.82) is 0 Å². The van der Waals surface area contributed by atoms with E-state index < -0.39 is 0 Å². The number of hydrogen-bond acceptors (Lipinski definition) is 3. The van der Waals surface area contributed by atoms with Gasteiger partial charge in [0.05, 0.1) is 12.0 Å². The van der Waals surface area contributed by atoms with Crippen molar-refractivity contribution in [2.45, 2.75) is 19.5 Å². The van der Waals surface area contributed by atoms with Gasteiger partial charge in [-0.2, -0.15) is 0 Å². The summed E-state index contributed by atoms with van der Waals surface area (Å²) in [4.78, 5) is 20.2. The van der Waals surface area contributed by atoms with Gasteiger partial charge in [-0.1, -0.05) is 24.3 Å². The highest BCUT2D eigenvalue weighted by molar-refractivity contribution is 5.75. The van der Waals surface area contributed by atoms with Crippen LogP contribution >= 0.6 is 0 Å². The lowest BCUT2D eigenvalue weighted by Crippen LogP contribution is -2.23. The summed E-state index contributed by atoms with van der Waals surface area (Å²) in [5.74, 6) is 0.0296. The number of aromatic nitrogens is 3. The summed E-state index contributed by atoms with van der Waals surface area (Å²) in [6.45, 7) is 1.16. The molecule has 0 saturated carbocycles. The van der Waals surface area contributed by atoms with Crippen molar-refractivity contribution in [3.63, 3.8) is 0 Å². The first kappa shape index (κ1) is 15.0. The Balaban J connectivity index is 1.55. The molecule has 0 aliphatic heterocycles. The molecule has 1 amide bonds. The molecule has 0 fully saturated rings. The number of rotatable bonds is 6. The van der Waals surface area contributed by atoms with Crippen molar-refractivity contribution >= 4 is 5.91 Å². The Hall–Kier alpha value is -2.95. The molecule has 3 aromatic rings. The smallest absolute Gasteiger partial charge is 0.222 e. The third kappa shape index (κ3) is 4.26. The Bertz CT molecular complexity index is 754. The average Bonchev–Trinajstić information content (AvgIpc) is 3.13. The number of pyridine rings is 1. The van der Waals surface area contributed by atoms with Crippen LogP contribution in [0.15, 0.2) is 67.4 Å². The minimum absolute atomic E-state index is 0.0296. The van der Waals surface area contributed by atoms with E-state index in [1.165, 1.54) is 0 Å². The molecular weight excluding hydrogens is 288 g/mol. The molecule has 116 valence electrons. The van der Waals surface area contributed by atoms with Gasteiger partial charge >= 0.3 is 0 Å². The lowest BCUT2D eigenvalue weighted by atomic mass is 10.1. The molecule has 1 aromatic carbocycles. The Morgan fingerprint density at radius 2 is 2.09 bits per heavy atom. The molecular formula is C18H18N4O. The molecule has 1 N–H and O–H groups in total. The topological polar surface area (TPSA) is 59.8 Å². The molecule has 0 atom stereocenters. The molecule has 0 bridgehead atoms. The number of hydrogen-bond donors (Lipinski definition) is 1. The third-order valence-electron chi connectivity index (χ3n) is 3.53. The predicted molar refractivity (Wildman–Crippen MR) is 88.4 cm³/mol. The molecule has 0 radical (unpaired) electrons. The van der Waals surface area contributed by atoms with Gasteiger partial charge in [-0.3, -0.25) is 9.78 Å². The van der Waals surface area contributed by atoms with E-state index in [1.807, 2.05) is 47.2 Å². The summed E-state index contributed by atoms with van der Waals surface area (Å²) >= 11 is 0. The standard InChI is InChI=1S/C18H18N4O/c23-18(7-10-22-11-9-19-14-22)21-13-15-4-3-5-16(12-15)17-6-1-2-8-20-17/h1-6,8-9,11-12,14H,7,10,13H2,(H,21,23). The fraction of sp³-hybridized carbons (Fsp3) is 0.167. The number of benzene rings is 1. The molecule has 0 aliphatic rings. The Morgan fingerprint density at radius 1 is 1.13 bits per heavy atom. The number of carbonyl (C=O) groups excluding carboxylic acids is 1. The average molecular weight is 306 g/mol. The van der Waals surface area contributed by atoms with Crippen LogP contribution in [0.2, 0.25) is 0 Å². The number of carbonyl (C=O) groups is 1. The van der Waals surface area contributed by atoms with Crippen LogP contribution in [-0.4, -0.2) is 20.4 Å². The van der Waals surface area contributed by atoms with Gasteiger partial charge in [0.15, 0.2) is 0 Å². The van der Waals surface area contributed by atoms with Crippen LogP contribution in [-0.2, 0) is 17.9 Å². The summed E-state index contributed by atoms with van der Waals surface area (Å²) in [5.41, 5.74) is 3.04. The number of nitrogens with one attached hydrogen (secondary N) is 1. The molecule has 2 heterocycles. The first-order valence-electron chi connectivity index (χ1n) is 7.54. The Kier molecular flexibility index (Phi) is 4.79. The normalized spacial score (nSPS) is 10.4. The van der Waals surface area contributed by atoms with Crippen LogP contribution in [0.3, 0.4) is 0 Å². The monoisotopic (exact) mass is 306 g/mol. The number of imidazole rings is 1. The fourth-order valence-electron chi connectivity index (χ4n) is 2.31. The van der Waals surface area contributed by atoms with E-state index in [0.29, 0.717) is 19.5 Å². The minimum Gasteiger partial charge on any atom is -0.352 e. The molecule has 0 saturated heterocycles. The lowest BCUT2D eigenvalue weighted by Gasteiger charge is -2.07. The van der Waals surface area contributed by atoms with Crippen molar-refractivity contribution in [3.05, 3.63) is 72.9 Å². The summed E-state index contributed by atoms with van der Waals surface area (Å²) in [7, 11) is 0. The second-order valence-electron chi connectivity index (χ2n) is 5.24. The second-order valence-corrected chi connectivity index (χ2v) is 5.24. The van der Waals surface area contributed by atoms with E-state index in [9.17, 15) is 4.79 Å². The van der Waals surface area contributed by atoms with E-state index in [2.05, 4.69) is 21.4 Å². The summed E-state index contributed by atoms with van der Waals surface area (Å²) in [6, 6.07) is 13.9.